The second kappa shape index (κ2) is 10.1. The van der Waals surface area contributed by atoms with E-state index in [0.29, 0.717) is 35.1 Å². The number of amides is 1. The van der Waals surface area contributed by atoms with Gasteiger partial charge in [0.05, 0.1) is 25.4 Å². The van der Waals surface area contributed by atoms with Crippen LogP contribution in [0.3, 0.4) is 0 Å². The third-order valence-electron chi connectivity index (χ3n) is 10.4. The summed E-state index contributed by atoms with van der Waals surface area (Å²) in [6.45, 7) is 4.02. The number of nitrogens with zero attached hydrogens (tertiary/aromatic N) is 4. The highest BCUT2D eigenvalue weighted by atomic mass is 19.1. The van der Waals surface area contributed by atoms with Gasteiger partial charge >= 0.3 is 0 Å². The van der Waals surface area contributed by atoms with Gasteiger partial charge in [0.15, 0.2) is 17.4 Å². The van der Waals surface area contributed by atoms with Crippen molar-refractivity contribution in [2.75, 3.05) is 20.8 Å². The molecule has 3 atom stereocenters. The summed E-state index contributed by atoms with van der Waals surface area (Å²) in [7, 11) is 5.16. The molecule has 2 bridgehead atoms. The minimum atomic E-state index is -0.374. The second-order valence-corrected chi connectivity index (χ2v) is 13.0. The number of fused-ring (bicyclic) bond motifs is 4. The summed E-state index contributed by atoms with van der Waals surface area (Å²) in [4.78, 5) is 21.0. The zero-order chi connectivity index (χ0) is 30.3. The third kappa shape index (κ3) is 4.21. The van der Waals surface area contributed by atoms with Crippen LogP contribution < -0.4 is 9.47 Å². The molecule has 226 valence electrons. The Morgan fingerprint density at radius 1 is 0.955 bits per heavy atom. The zero-order valence-electron chi connectivity index (χ0n) is 25.6. The summed E-state index contributed by atoms with van der Waals surface area (Å²) in [5, 5.41) is 1.12. The van der Waals surface area contributed by atoms with Crippen molar-refractivity contribution in [2.45, 2.75) is 45.2 Å². The molecule has 2 aromatic heterocycles. The summed E-state index contributed by atoms with van der Waals surface area (Å²) in [6, 6.07) is 17.7. The molecule has 0 spiro atoms. The van der Waals surface area contributed by atoms with Crippen molar-refractivity contribution in [3.8, 4) is 34.1 Å². The number of piperidine rings is 1. The maximum Gasteiger partial charge on any atom is 0.254 e. The van der Waals surface area contributed by atoms with Crippen molar-refractivity contribution in [3.05, 3.63) is 66.0 Å². The Kier molecular flexibility index (Phi) is 6.26. The van der Waals surface area contributed by atoms with Crippen molar-refractivity contribution >= 4 is 27.8 Å². The van der Waals surface area contributed by atoms with Crippen LogP contribution in [0.5, 0.6) is 11.5 Å². The number of imidazole rings is 1. The molecule has 3 aromatic carbocycles. The summed E-state index contributed by atoms with van der Waals surface area (Å²) < 4.78 is 29.7. The third-order valence-corrected chi connectivity index (χ3v) is 10.4. The zero-order valence-corrected chi connectivity index (χ0v) is 25.6. The molecule has 1 amide bonds. The lowest BCUT2D eigenvalue weighted by Crippen LogP contribution is -2.38. The number of aryl methyl sites for hydroxylation is 1. The Hall–Kier alpha value is -4.33. The first kappa shape index (κ1) is 27.2. The first-order valence-corrected chi connectivity index (χ1v) is 15.7. The molecule has 2 saturated carbocycles. The van der Waals surface area contributed by atoms with Gasteiger partial charge in [0, 0.05) is 42.6 Å². The van der Waals surface area contributed by atoms with Crippen molar-refractivity contribution in [1.29, 1.82) is 0 Å². The molecule has 1 aliphatic heterocycles. The van der Waals surface area contributed by atoms with Gasteiger partial charge < -0.3 is 23.5 Å². The SMILES string of the molecule is COc1cc(-c2ccc3cc(-c4nc5cc(C(=O)N6CC7CCC6[C@@H]7C)cc(OC)c5n4C)n(CC4CC4)c3c2)ccc1F. The van der Waals surface area contributed by atoms with Crippen LogP contribution in [-0.2, 0) is 13.6 Å². The summed E-state index contributed by atoms with van der Waals surface area (Å²) in [6.07, 6.45) is 4.74. The minimum Gasteiger partial charge on any atom is -0.494 e. The van der Waals surface area contributed by atoms with Gasteiger partial charge in [-0.25, -0.2) is 9.37 Å². The fourth-order valence-corrected chi connectivity index (χ4v) is 7.74. The van der Waals surface area contributed by atoms with Crippen molar-refractivity contribution < 1.29 is 18.7 Å². The van der Waals surface area contributed by atoms with Crippen LogP contribution in [0.2, 0.25) is 0 Å². The van der Waals surface area contributed by atoms with Crippen LogP contribution in [0.1, 0.15) is 43.0 Å². The molecule has 3 fully saturated rings. The minimum absolute atomic E-state index is 0.0734. The largest absolute Gasteiger partial charge is 0.494 e. The molecule has 8 rings (SSSR count). The molecule has 0 N–H and O–H groups in total. The smallest absolute Gasteiger partial charge is 0.254 e. The summed E-state index contributed by atoms with van der Waals surface area (Å²) in [5.74, 6) is 3.21. The molecule has 44 heavy (non-hydrogen) atoms. The standard InChI is InChI=1S/C36H37FN4O3/c1-20-25-10-12-29(20)41(19-25)36(42)26-13-28-34(33(17-26)44-4)39(2)35(38-28)31-15-24-8-7-22(14-30(24)40(31)18-21-5-6-21)23-9-11-27(37)32(16-23)43-3/h7-9,11,13-17,20-21,25,29H,5-6,10,12,18-19H2,1-4H3/t20-,25?,29?/m1/s1. The van der Waals surface area contributed by atoms with Gasteiger partial charge in [0.25, 0.3) is 5.91 Å². The highest BCUT2D eigenvalue weighted by molar-refractivity contribution is 6.00. The molecule has 3 aliphatic rings. The van der Waals surface area contributed by atoms with Crippen molar-refractivity contribution in [1.82, 2.24) is 19.0 Å². The maximum atomic E-state index is 14.2. The van der Waals surface area contributed by atoms with Gasteiger partial charge in [-0.15, -0.1) is 0 Å². The summed E-state index contributed by atoms with van der Waals surface area (Å²) >= 11 is 0. The number of methoxy groups -OCH3 is 2. The van der Waals surface area contributed by atoms with E-state index in [9.17, 15) is 9.18 Å². The van der Waals surface area contributed by atoms with Crippen LogP contribution >= 0.6 is 0 Å². The lowest BCUT2D eigenvalue weighted by Gasteiger charge is -2.27. The molecular weight excluding hydrogens is 555 g/mol. The molecule has 2 unspecified atom stereocenters. The van der Waals surface area contributed by atoms with Gasteiger partial charge in [0.2, 0.25) is 0 Å². The molecule has 0 radical (unpaired) electrons. The number of carbonyl (C=O) groups is 1. The molecule has 1 saturated heterocycles. The number of hydrogen-bond donors (Lipinski definition) is 0. The average Bonchev–Trinajstić information content (AvgIpc) is 3.44. The number of halogens is 1. The summed E-state index contributed by atoms with van der Waals surface area (Å²) in [5.41, 5.74) is 6.30. The quantitative estimate of drug-likeness (QED) is 0.199. The predicted molar refractivity (Wildman–Crippen MR) is 170 cm³/mol. The topological polar surface area (TPSA) is 61.5 Å². The number of rotatable bonds is 7. The number of hydrogen-bond acceptors (Lipinski definition) is 4. The van der Waals surface area contributed by atoms with E-state index in [0.717, 1.165) is 64.1 Å². The van der Waals surface area contributed by atoms with E-state index < -0.39 is 0 Å². The van der Waals surface area contributed by atoms with Gasteiger partial charge in [-0.1, -0.05) is 25.1 Å². The lowest BCUT2D eigenvalue weighted by atomic mass is 10.0. The van der Waals surface area contributed by atoms with Crippen LogP contribution in [-0.4, -0.2) is 51.7 Å². The van der Waals surface area contributed by atoms with E-state index in [4.69, 9.17) is 14.5 Å². The fraction of sp³-hybridized carbons (Fsp3) is 0.389. The molecule has 3 heterocycles. The first-order chi connectivity index (χ1) is 21.3. The Morgan fingerprint density at radius 2 is 1.73 bits per heavy atom. The number of likely N-dealkylation sites (tertiary alicyclic amines) is 1. The van der Waals surface area contributed by atoms with Gasteiger partial charge in [-0.2, -0.15) is 0 Å². The molecule has 7 nitrogen and oxygen atoms in total. The second-order valence-electron chi connectivity index (χ2n) is 13.0. The number of aromatic nitrogens is 3. The molecular formula is C36H37FN4O3. The number of carbonyl (C=O) groups excluding carboxylic acids is 1. The fourth-order valence-electron chi connectivity index (χ4n) is 7.74. The number of ether oxygens (including phenoxy) is 2. The van der Waals surface area contributed by atoms with Crippen LogP contribution in [0.15, 0.2) is 54.6 Å². The van der Waals surface area contributed by atoms with Gasteiger partial charge in [-0.05, 0) is 91.0 Å². The maximum absolute atomic E-state index is 14.2. The average molecular weight is 593 g/mol. The molecule has 2 aliphatic carbocycles. The van der Waals surface area contributed by atoms with E-state index in [1.165, 1.54) is 32.4 Å². The monoisotopic (exact) mass is 592 g/mol. The van der Waals surface area contributed by atoms with E-state index in [2.05, 4.69) is 45.2 Å². The normalized spacial score (nSPS) is 21.1. The van der Waals surface area contributed by atoms with E-state index in [1.54, 1.807) is 19.2 Å². The van der Waals surface area contributed by atoms with E-state index in [1.807, 2.05) is 19.2 Å². The first-order valence-electron chi connectivity index (χ1n) is 15.7. The van der Waals surface area contributed by atoms with Crippen molar-refractivity contribution in [3.63, 3.8) is 0 Å². The Bertz CT molecular complexity index is 1950. The molecule has 8 heteroatoms. The van der Waals surface area contributed by atoms with Crippen LogP contribution in [0, 0.1) is 23.6 Å². The Morgan fingerprint density at radius 3 is 2.43 bits per heavy atom. The van der Waals surface area contributed by atoms with Crippen LogP contribution in [0.25, 0.3) is 44.6 Å². The van der Waals surface area contributed by atoms with Gasteiger partial charge in [-0.3, -0.25) is 4.79 Å². The van der Waals surface area contributed by atoms with Crippen molar-refractivity contribution in [2.24, 2.45) is 24.8 Å². The Balaban J connectivity index is 1.24. The highest BCUT2D eigenvalue weighted by Crippen LogP contribution is 2.44. The van der Waals surface area contributed by atoms with Gasteiger partial charge in [0.1, 0.15) is 11.3 Å². The molecule has 5 aromatic rings. The predicted octanol–water partition coefficient (Wildman–Crippen LogP) is 7.30. The lowest BCUT2D eigenvalue weighted by molar-refractivity contribution is 0.0696. The highest BCUT2D eigenvalue weighted by Gasteiger charge is 2.46. The van der Waals surface area contributed by atoms with Crippen LogP contribution in [0.4, 0.5) is 4.39 Å². The Labute approximate surface area is 256 Å². The number of benzene rings is 3. The van der Waals surface area contributed by atoms with E-state index >= 15 is 0 Å². The van der Waals surface area contributed by atoms with E-state index in [-0.39, 0.29) is 17.5 Å².